The van der Waals surface area contributed by atoms with Gasteiger partial charge in [-0.3, -0.25) is 4.79 Å². The van der Waals surface area contributed by atoms with Gasteiger partial charge in [0.25, 0.3) is 0 Å². The number of hydrogen-bond donors (Lipinski definition) is 3. The molecule has 4 N–H and O–H groups in total. The summed E-state index contributed by atoms with van der Waals surface area (Å²) >= 11 is 0. The molecule has 0 saturated carbocycles. The lowest BCUT2D eigenvalue weighted by Crippen LogP contribution is -2.33. The molecule has 0 aromatic carbocycles. The Kier molecular flexibility index (Phi) is 1.65. The maximum atomic E-state index is 9.82. The largest absolute Gasteiger partial charge is 0.480 e. The summed E-state index contributed by atoms with van der Waals surface area (Å²) in [7, 11) is 0. The first-order valence-corrected chi connectivity index (χ1v) is 1.73. The van der Waals surface area contributed by atoms with Gasteiger partial charge in [-0.05, 0) is 0 Å². The van der Waals surface area contributed by atoms with Crippen LogP contribution in [0.15, 0.2) is 0 Å². The molecule has 0 aliphatic heterocycles. The molecule has 0 bridgehead atoms. The van der Waals surface area contributed by atoms with E-state index in [0.717, 1.165) is 0 Å². The Morgan fingerprint density at radius 2 is 2.71 bits per heavy atom. The van der Waals surface area contributed by atoms with E-state index in [1.165, 1.54) is 0 Å². The van der Waals surface area contributed by atoms with E-state index < -0.39 is 18.6 Å². The second-order valence-electron chi connectivity index (χ2n) is 1.07. The van der Waals surface area contributed by atoms with Crippen molar-refractivity contribution in [1.82, 2.24) is 0 Å². The van der Waals surface area contributed by atoms with E-state index in [4.69, 9.17) is 11.6 Å². The molecule has 0 aliphatic carbocycles. The van der Waals surface area contributed by atoms with Crippen LogP contribution in [0.4, 0.5) is 0 Å². The highest BCUT2D eigenvalue weighted by Crippen LogP contribution is 1.71. The second kappa shape index (κ2) is 2.54. The summed E-state index contributed by atoms with van der Waals surface area (Å²) in [5, 5.41) is 16.2. The number of carbonyl (C=O) groups is 1. The summed E-state index contributed by atoms with van der Waals surface area (Å²) in [6.45, 7) is -0.557. The average molecular weight is 106 g/mol. The fraction of sp³-hybridized carbons (Fsp3) is 0.667. The number of carboxylic acids is 1. The molecule has 0 aromatic heterocycles. The Morgan fingerprint density at radius 3 is 2.71 bits per heavy atom. The summed E-state index contributed by atoms with van der Waals surface area (Å²) in [5.74, 6) is -1.22. The molecule has 1 atom stereocenters. The first-order valence-electron chi connectivity index (χ1n) is 2.23. The lowest BCUT2D eigenvalue weighted by Gasteiger charge is -1.96. The minimum atomic E-state index is -1.22. The summed E-state index contributed by atoms with van der Waals surface area (Å²) in [4.78, 5) is 9.82. The van der Waals surface area contributed by atoms with Crippen molar-refractivity contribution >= 4 is 5.97 Å². The molecular formula is C3H7NO3. The number of rotatable bonds is 3. The fourth-order valence-corrected chi connectivity index (χ4v) is 0.0781. The van der Waals surface area contributed by atoms with Crippen LogP contribution in [0.25, 0.3) is 0 Å². The van der Waals surface area contributed by atoms with Gasteiger partial charge < -0.3 is 15.9 Å². The standard InChI is InChI=1S/C3H7NO3/c4-2(1-5)3(6)7/h2,5H,1,4H2,(H,6,7)/t2-/m1/s1/i/hD. The minimum Gasteiger partial charge on any atom is -0.480 e. The molecule has 0 aromatic rings. The van der Waals surface area contributed by atoms with E-state index in [2.05, 4.69) is 0 Å². The highest BCUT2D eigenvalue weighted by molar-refractivity contribution is 5.73. The lowest BCUT2D eigenvalue weighted by molar-refractivity contribution is -0.139. The van der Waals surface area contributed by atoms with Crippen LogP contribution in [0, 0.1) is 0 Å². The number of aliphatic hydroxyl groups excluding tert-OH is 1. The number of aliphatic carboxylic acids is 1. The van der Waals surface area contributed by atoms with Crippen LogP contribution in [0.2, 0.25) is 1.41 Å². The number of carboxylic acid groups (broad SMARTS) is 1. The Bertz CT molecular complexity index is 82.6. The van der Waals surface area contributed by atoms with Gasteiger partial charge in [0.15, 0.2) is 0 Å². The smallest absolute Gasteiger partial charge is 0.322 e. The van der Waals surface area contributed by atoms with Crippen LogP contribution in [-0.4, -0.2) is 28.8 Å². The molecule has 7 heavy (non-hydrogen) atoms. The van der Waals surface area contributed by atoms with Crippen LogP contribution >= 0.6 is 0 Å². The molecule has 0 spiro atoms. The van der Waals surface area contributed by atoms with Gasteiger partial charge in [-0.2, -0.15) is 0 Å². The molecule has 0 saturated heterocycles. The van der Waals surface area contributed by atoms with Crippen molar-refractivity contribution < 1.29 is 16.4 Å². The molecule has 0 aliphatic rings. The maximum absolute atomic E-state index is 9.82. The third-order valence-corrected chi connectivity index (χ3v) is 0.481. The maximum Gasteiger partial charge on any atom is 0.322 e. The molecule has 0 heterocycles. The fourth-order valence-electron chi connectivity index (χ4n) is 0.0781. The van der Waals surface area contributed by atoms with Gasteiger partial charge in [-0.25, -0.2) is 0 Å². The molecule has 0 unspecified atom stereocenters. The third kappa shape index (κ3) is 2.13. The highest BCUT2D eigenvalue weighted by atomic mass is 16.4. The van der Waals surface area contributed by atoms with Crippen LogP contribution in [0.1, 0.15) is 0 Å². The van der Waals surface area contributed by atoms with Crippen molar-refractivity contribution in [3.05, 3.63) is 0 Å². The average Bonchev–Trinajstić information content (AvgIpc) is 1.69. The molecule has 0 fully saturated rings. The molecule has 42 valence electrons. The second-order valence-corrected chi connectivity index (χ2v) is 1.07. The third-order valence-electron chi connectivity index (χ3n) is 0.481. The quantitative estimate of drug-likeness (QED) is 0.404. The number of hydrogen-bond acceptors (Lipinski definition) is 3. The Balaban J connectivity index is 3.52. The number of nitrogens with two attached hydrogens (primary N) is 1. The van der Waals surface area contributed by atoms with Crippen molar-refractivity contribution in [3.63, 3.8) is 0 Å². The zero-order chi connectivity index (χ0) is 6.57. The van der Waals surface area contributed by atoms with Crippen molar-refractivity contribution in [2.75, 3.05) is 6.61 Å². The monoisotopic (exact) mass is 106 g/mol. The van der Waals surface area contributed by atoms with E-state index in [9.17, 15) is 4.79 Å². The Labute approximate surface area is 42.0 Å². The SMILES string of the molecule is [2H]N[C@H](CO)C(=O)O. The van der Waals surface area contributed by atoms with Gasteiger partial charge in [-0.1, -0.05) is 0 Å². The summed E-state index contributed by atoms with van der Waals surface area (Å²) in [5.41, 5.74) is 1.65. The topological polar surface area (TPSA) is 83.5 Å². The lowest BCUT2D eigenvalue weighted by atomic mass is 10.3. The van der Waals surface area contributed by atoms with Crippen molar-refractivity contribution in [2.24, 2.45) is 5.73 Å². The van der Waals surface area contributed by atoms with Gasteiger partial charge in [0, 0.05) is 0 Å². The predicted molar refractivity (Wildman–Crippen MR) is 22.7 cm³/mol. The summed E-state index contributed by atoms with van der Waals surface area (Å²) in [6.07, 6.45) is 0. The molecule has 0 rings (SSSR count). The van der Waals surface area contributed by atoms with Crippen LogP contribution < -0.4 is 5.73 Å². The normalized spacial score (nSPS) is 15.3. The Hall–Kier alpha value is -0.610. The zero-order valence-electron chi connectivity index (χ0n) is 4.59. The van der Waals surface area contributed by atoms with Crippen LogP contribution in [-0.2, 0) is 4.79 Å². The van der Waals surface area contributed by atoms with Crippen molar-refractivity contribution in [3.8, 4) is 0 Å². The van der Waals surface area contributed by atoms with E-state index in [1.54, 1.807) is 5.73 Å². The van der Waals surface area contributed by atoms with E-state index >= 15 is 0 Å². The van der Waals surface area contributed by atoms with E-state index in [-0.39, 0.29) is 0 Å². The van der Waals surface area contributed by atoms with Gasteiger partial charge in [-0.15, -0.1) is 0 Å². The van der Waals surface area contributed by atoms with Crippen molar-refractivity contribution in [2.45, 2.75) is 6.04 Å². The van der Waals surface area contributed by atoms with Gasteiger partial charge in [0.2, 0.25) is 0 Å². The molecule has 4 heteroatoms. The first kappa shape index (κ1) is 4.55. The first-order chi connectivity index (χ1) is 3.72. The summed E-state index contributed by atoms with van der Waals surface area (Å²) < 4.78 is 6.30. The zero-order valence-corrected chi connectivity index (χ0v) is 3.59. The van der Waals surface area contributed by atoms with E-state index in [0.29, 0.717) is 0 Å². The van der Waals surface area contributed by atoms with Gasteiger partial charge in [0.05, 0.1) is 6.61 Å². The van der Waals surface area contributed by atoms with Crippen LogP contribution in [0.3, 0.4) is 0 Å². The molecule has 0 amide bonds. The minimum absolute atomic E-state index is 0.557. The van der Waals surface area contributed by atoms with Gasteiger partial charge >= 0.3 is 5.97 Å². The predicted octanol–water partition coefficient (Wildman–Crippen LogP) is -1.61. The van der Waals surface area contributed by atoms with Crippen molar-refractivity contribution in [1.29, 1.82) is 0 Å². The Morgan fingerprint density at radius 1 is 2.14 bits per heavy atom. The molecular weight excluding hydrogens is 98.0 g/mol. The molecule has 4 nitrogen and oxygen atoms in total. The summed E-state index contributed by atoms with van der Waals surface area (Å²) in [6, 6.07) is -1.16. The highest BCUT2D eigenvalue weighted by Gasteiger charge is 2.06. The van der Waals surface area contributed by atoms with Crippen LogP contribution in [0.5, 0.6) is 0 Å². The van der Waals surface area contributed by atoms with E-state index in [1.807, 2.05) is 0 Å². The van der Waals surface area contributed by atoms with Gasteiger partial charge in [0.1, 0.15) is 7.45 Å². The molecule has 0 radical (unpaired) electrons. The number of aliphatic hydroxyl groups is 1.